The van der Waals surface area contributed by atoms with Crippen molar-refractivity contribution in [3.8, 4) is 17.2 Å². The minimum absolute atomic E-state index is 0.0686. The van der Waals surface area contributed by atoms with Crippen LogP contribution in [0.15, 0.2) is 101 Å². The summed E-state index contributed by atoms with van der Waals surface area (Å²) in [5.74, 6) is 2.38. The molecular formula is C63H74N6O9S2. The van der Waals surface area contributed by atoms with E-state index in [-0.39, 0.29) is 53.5 Å². The zero-order valence-corrected chi connectivity index (χ0v) is 48.8. The third-order valence-electron chi connectivity index (χ3n) is 14.6. The standard InChI is InChI=1S/C63H74N6O9S2/c1-8-23-75-25-26-76-24-22-67(21-13-20-60(71)66(6)41-63(4,5)80-79-27-14-15-43(3)70)48-30-44(39-77-57-35-53-51(28-42(57)2)61(72)68-49(37-64-53)32-46-16-9-11-18-55(46)68)29-45(31-48)40-78-59-36-54-52(34-58(59)74-7)62(73)69-50(38-65-54)33-47-17-10-12-19-56(47)69/h9-12,16-19,28-31,34-38,49-50H,8,13-15,20-27,32-33,39-41H2,1-7H3/t49-,50-/m0/s1. The van der Waals surface area contributed by atoms with Crippen molar-refractivity contribution >= 4 is 86.0 Å². The van der Waals surface area contributed by atoms with Gasteiger partial charge < -0.3 is 38.3 Å². The highest BCUT2D eigenvalue weighted by atomic mass is 33.1. The van der Waals surface area contributed by atoms with Gasteiger partial charge in [-0.2, -0.15) is 0 Å². The van der Waals surface area contributed by atoms with E-state index in [0.717, 1.165) is 63.5 Å². The SMILES string of the molecule is CCCOCCOCCN(CCCC(=O)N(C)CC(C)(C)SSCCCC(C)=O)c1cc(COc2cc3c(cc2C)C(=O)N2c4ccccc4C[C@H]2C=N3)cc(COc2cc3c(cc2OC)C(=O)N2c4ccccc4C[C@H]2C=N3)c1. The summed E-state index contributed by atoms with van der Waals surface area (Å²) in [6, 6.07) is 29.1. The number of Topliss-reactive ketones (excluding diaryl/α,β-unsaturated/α-hetero) is 1. The van der Waals surface area contributed by atoms with Crippen LogP contribution < -0.4 is 28.9 Å². The number of ketones is 1. The molecule has 4 heterocycles. The van der Waals surface area contributed by atoms with Crippen molar-refractivity contribution in [2.45, 2.75) is 110 Å². The van der Waals surface area contributed by atoms with E-state index < -0.39 is 0 Å². The van der Waals surface area contributed by atoms with Gasteiger partial charge in [0.05, 0.1) is 61.5 Å². The molecule has 17 heteroatoms. The largest absolute Gasteiger partial charge is 0.493 e. The van der Waals surface area contributed by atoms with Gasteiger partial charge in [0.2, 0.25) is 5.91 Å². The fraction of sp³-hybridized carbons (Fsp3) is 0.429. The first-order valence-electron chi connectivity index (χ1n) is 27.8. The maximum absolute atomic E-state index is 14.2. The van der Waals surface area contributed by atoms with Gasteiger partial charge in [0, 0.05) is 111 Å². The van der Waals surface area contributed by atoms with E-state index in [4.69, 9.17) is 33.7 Å². The quantitative estimate of drug-likeness (QED) is 0.0346. The maximum Gasteiger partial charge on any atom is 0.261 e. The lowest BCUT2D eigenvalue weighted by molar-refractivity contribution is -0.130. The van der Waals surface area contributed by atoms with Crippen LogP contribution in [0.4, 0.5) is 28.4 Å². The molecule has 0 aromatic heterocycles. The Labute approximate surface area is 478 Å². The molecule has 5 aromatic rings. The molecule has 0 radical (unpaired) electrons. The number of hydrogen-bond donors (Lipinski definition) is 0. The first-order chi connectivity index (χ1) is 38.7. The molecule has 0 fully saturated rings. The predicted octanol–water partition coefficient (Wildman–Crippen LogP) is 11.8. The number of carbonyl (C=O) groups is 4. The molecule has 80 heavy (non-hydrogen) atoms. The molecule has 4 aliphatic heterocycles. The highest BCUT2D eigenvalue weighted by Gasteiger charge is 2.38. The van der Waals surface area contributed by atoms with Gasteiger partial charge in [-0.25, -0.2) is 0 Å². The van der Waals surface area contributed by atoms with E-state index in [1.807, 2.05) is 89.6 Å². The number of benzene rings is 5. The van der Waals surface area contributed by atoms with Gasteiger partial charge in [0.1, 0.15) is 24.7 Å². The van der Waals surface area contributed by atoms with Crippen molar-refractivity contribution in [3.05, 3.63) is 130 Å². The number of amides is 3. The lowest BCUT2D eigenvalue weighted by atomic mass is 10.1. The van der Waals surface area contributed by atoms with E-state index in [9.17, 15) is 19.2 Å². The number of nitrogens with zero attached hydrogens (tertiary/aromatic N) is 6. The molecule has 422 valence electrons. The second kappa shape index (κ2) is 26.7. The van der Waals surface area contributed by atoms with Crippen molar-refractivity contribution in [1.82, 2.24) is 4.90 Å². The predicted molar refractivity (Wildman–Crippen MR) is 322 cm³/mol. The fourth-order valence-corrected chi connectivity index (χ4v) is 13.3. The highest BCUT2D eigenvalue weighted by molar-refractivity contribution is 8.77. The fourth-order valence-electron chi connectivity index (χ4n) is 10.7. The molecule has 0 spiro atoms. The van der Waals surface area contributed by atoms with Crippen LogP contribution in [0.25, 0.3) is 0 Å². The molecule has 0 unspecified atom stereocenters. The molecule has 3 amide bonds. The van der Waals surface area contributed by atoms with Crippen molar-refractivity contribution in [3.63, 3.8) is 0 Å². The normalized spacial score (nSPS) is 15.8. The van der Waals surface area contributed by atoms with Gasteiger partial charge in [0.15, 0.2) is 11.5 Å². The van der Waals surface area contributed by atoms with E-state index >= 15 is 0 Å². The lowest BCUT2D eigenvalue weighted by Gasteiger charge is -2.30. The van der Waals surface area contributed by atoms with Gasteiger partial charge in [-0.05, 0) is 117 Å². The Morgan fingerprint density at radius 2 is 1.30 bits per heavy atom. The number of ether oxygens (including phenoxy) is 5. The Morgan fingerprint density at radius 1 is 0.713 bits per heavy atom. The van der Waals surface area contributed by atoms with Crippen LogP contribution in [0, 0.1) is 6.92 Å². The summed E-state index contributed by atoms with van der Waals surface area (Å²) in [6.07, 6.45) is 8.41. The molecule has 0 saturated carbocycles. The minimum atomic E-state index is -0.204. The number of rotatable bonds is 28. The Balaban J connectivity index is 0.964. The summed E-state index contributed by atoms with van der Waals surface area (Å²) in [4.78, 5) is 71.1. The molecule has 5 aromatic carbocycles. The number of fused-ring (bicyclic) bond motifs is 8. The first-order valence-corrected chi connectivity index (χ1v) is 30.1. The third kappa shape index (κ3) is 14.1. The van der Waals surface area contributed by atoms with Gasteiger partial charge >= 0.3 is 0 Å². The molecule has 0 bridgehead atoms. The van der Waals surface area contributed by atoms with Crippen LogP contribution in [-0.4, -0.2) is 124 Å². The maximum atomic E-state index is 14.2. The monoisotopic (exact) mass is 1120 g/mol. The Bertz CT molecular complexity index is 3130. The summed E-state index contributed by atoms with van der Waals surface area (Å²) in [7, 11) is 6.94. The summed E-state index contributed by atoms with van der Waals surface area (Å²) in [5.41, 5.74) is 9.47. The highest BCUT2D eigenvalue weighted by Crippen LogP contribution is 2.43. The molecular weight excluding hydrogens is 1050 g/mol. The van der Waals surface area contributed by atoms with E-state index in [1.54, 1.807) is 47.8 Å². The van der Waals surface area contributed by atoms with Gasteiger partial charge in [-0.15, -0.1) is 0 Å². The smallest absolute Gasteiger partial charge is 0.261 e. The number of para-hydroxylation sites is 2. The molecule has 4 aliphatic rings. The van der Waals surface area contributed by atoms with Crippen LogP contribution in [0.3, 0.4) is 0 Å². The summed E-state index contributed by atoms with van der Waals surface area (Å²) < 4.78 is 30.9. The van der Waals surface area contributed by atoms with Crippen molar-refractivity contribution in [1.29, 1.82) is 0 Å². The molecule has 2 atom stereocenters. The van der Waals surface area contributed by atoms with Crippen molar-refractivity contribution in [2.24, 2.45) is 9.98 Å². The Kier molecular flexibility index (Phi) is 19.4. The number of hydrogen-bond acceptors (Lipinski definition) is 14. The molecule has 0 saturated heterocycles. The average Bonchev–Trinajstić information content (AvgIpc) is 3.94. The van der Waals surface area contributed by atoms with E-state index in [2.05, 4.69) is 56.0 Å². The van der Waals surface area contributed by atoms with Gasteiger partial charge in [-0.1, -0.05) is 64.9 Å². The van der Waals surface area contributed by atoms with E-state index in [0.29, 0.717) is 118 Å². The number of carbonyl (C=O) groups excluding carboxylic acids is 4. The summed E-state index contributed by atoms with van der Waals surface area (Å²) in [5, 5.41) is 0. The Morgan fingerprint density at radius 3 is 1.91 bits per heavy atom. The van der Waals surface area contributed by atoms with Gasteiger partial charge in [0.25, 0.3) is 11.8 Å². The van der Waals surface area contributed by atoms with Crippen molar-refractivity contribution < 1.29 is 42.9 Å². The molecule has 15 nitrogen and oxygen atoms in total. The zero-order valence-electron chi connectivity index (χ0n) is 47.2. The number of methoxy groups -OCH3 is 1. The van der Waals surface area contributed by atoms with Crippen LogP contribution in [0.2, 0.25) is 0 Å². The lowest BCUT2D eigenvalue weighted by Crippen LogP contribution is -2.38. The number of anilines is 3. The van der Waals surface area contributed by atoms with E-state index in [1.165, 1.54) is 0 Å². The topological polar surface area (TPSA) is 152 Å². The van der Waals surface area contributed by atoms with Crippen LogP contribution in [0.5, 0.6) is 17.2 Å². The number of aryl methyl sites for hydroxylation is 1. The summed E-state index contributed by atoms with van der Waals surface area (Å²) >= 11 is 0. The van der Waals surface area contributed by atoms with Crippen molar-refractivity contribution in [2.75, 3.05) is 80.7 Å². The summed E-state index contributed by atoms with van der Waals surface area (Å²) in [6.45, 7) is 14.0. The van der Waals surface area contributed by atoms with Crippen LogP contribution in [0.1, 0.15) is 108 Å². The molecule has 0 N–H and O–H groups in total. The first kappa shape index (κ1) is 58.0. The second-order valence-corrected chi connectivity index (χ2v) is 24.6. The minimum Gasteiger partial charge on any atom is -0.493 e. The molecule has 9 rings (SSSR count). The molecule has 0 aliphatic carbocycles. The third-order valence-corrected chi connectivity index (χ3v) is 17.9. The van der Waals surface area contributed by atoms with Crippen LogP contribution >= 0.6 is 21.6 Å². The average molecular weight is 1120 g/mol. The number of aliphatic imine (C=N–C) groups is 2. The Hall–Kier alpha value is -6.66. The second-order valence-electron chi connectivity index (χ2n) is 21.5. The zero-order chi connectivity index (χ0) is 56.3. The van der Waals surface area contributed by atoms with Crippen LogP contribution in [-0.2, 0) is 45.1 Å². The van der Waals surface area contributed by atoms with Gasteiger partial charge in [-0.3, -0.25) is 34.2 Å².